The molecule has 1 N–H and O–H groups in total. The van der Waals surface area contributed by atoms with Gasteiger partial charge in [-0.3, -0.25) is 4.79 Å². The number of nitrogens with one attached hydrogen (secondary N) is 1. The monoisotopic (exact) mass is 353 g/mol. The lowest BCUT2D eigenvalue weighted by Crippen LogP contribution is -2.22. The first kappa shape index (κ1) is 18.4. The molecule has 0 saturated carbocycles. The SMILES string of the molecule is CCc1ccc(NC(=O)[C@H](C)Sc2cccc(C(F)(F)F)c2)cc1. The van der Waals surface area contributed by atoms with Gasteiger partial charge < -0.3 is 5.32 Å². The van der Waals surface area contributed by atoms with Gasteiger partial charge in [0.1, 0.15) is 0 Å². The van der Waals surface area contributed by atoms with E-state index in [1.807, 2.05) is 31.2 Å². The van der Waals surface area contributed by atoms with E-state index < -0.39 is 17.0 Å². The Bertz CT molecular complexity index is 698. The molecule has 0 fully saturated rings. The Kier molecular flexibility index (Phi) is 5.94. The van der Waals surface area contributed by atoms with E-state index in [0.717, 1.165) is 30.3 Å². The van der Waals surface area contributed by atoms with Gasteiger partial charge in [0.25, 0.3) is 0 Å². The van der Waals surface area contributed by atoms with Crippen molar-refractivity contribution >= 4 is 23.4 Å². The summed E-state index contributed by atoms with van der Waals surface area (Å²) in [6, 6.07) is 12.5. The maximum atomic E-state index is 12.7. The van der Waals surface area contributed by atoms with Crippen LogP contribution in [0.15, 0.2) is 53.4 Å². The van der Waals surface area contributed by atoms with Gasteiger partial charge in [-0.2, -0.15) is 13.2 Å². The first-order valence-electron chi connectivity index (χ1n) is 7.53. The van der Waals surface area contributed by atoms with Gasteiger partial charge in [-0.15, -0.1) is 11.8 Å². The molecule has 0 heterocycles. The summed E-state index contributed by atoms with van der Waals surface area (Å²) in [4.78, 5) is 12.6. The number of thioether (sulfide) groups is 1. The third kappa shape index (κ3) is 5.03. The molecule has 1 atom stereocenters. The average Bonchev–Trinajstić information content (AvgIpc) is 2.55. The molecule has 0 spiro atoms. The summed E-state index contributed by atoms with van der Waals surface area (Å²) in [5.74, 6) is -0.248. The zero-order valence-electron chi connectivity index (χ0n) is 13.4. The Morgan fingerprint density at radius 3 is 2.42 bits per heavy atom. The van der Waals surface area contributed by atoms with Crippen LogP contribution in [0.4, 0.5) is 18.9 Å². The van der Waals surface area contributed by atoms with Crippen molar-refractivity contribution in [3.8, 4) is 0 Å². The number of carbonyl (C=O) groups excluding carboxylic acids is 1. The number of anilines is 1. The Balaban J connectivity index is 2.00. The molecule has 0 radical (unpaired) electrons. The summed E-state index contributed by atoms with van der Waals surface area (Å²) in [6.07, 6.45) is -3.47. The molecular formula is C18H18F3NOS. The largest absolute Gasteiger partial charge is 0.416 e. The lowest BCUT2D eigenvalue weighted by molar-refractivity contribution is -0.137. The van der Waals surface area contributed by atoms with Crippen LogP contribution in [0, 0.1) is 0 Å². The van der Waals surface area contributed by atoms with Crippen LogP contribution in [0.2, 0.25) is 0 Å². The van der Waals surface area contributed by atoms with E-state index in [4.69, 9.17) is 0 Å². The molecule has 24 heavy (non-hydrogen) atoms. The number of halogens is 3. The number of hydrogen-bond acceptors (Lipinski definition) is 2. The molecule has 2 rings (SSSR count). The number of aryl methyl sites for hydroxylation is 1. The second kappa shape index (κ2) is 7.75. The van der Waals surface area contributed by atoms with Gasteiger partial charge in [-0.25, -0.2) is 0 Å². The van der Waals surface area contributed by atoms with Crippen LogP contribution >= 0.6 is 11.8 Å². The van der Waals surface area contributed by atoms with Crippen LogP contribution in [0.3, 0.4) is 0 Å². The summed E-state index contributed by atoms with van der Waals surface area (Å²) < 4.78 is 38.2. The van der Waals surface area contributed by atoms with Crippen molar-refractivity contribution < 1.29 is 18.0 Å². The molecule has 0 saturated heterocycles. The van der Waals surface area contributed by atoms with Gasteiger partial charge in [-0.1, -0.05) is 25.1 Å². The highest BCUT2D eigenvalue weighted by molar-refractivity contribution is 8.00. The molecule has 2 aromatic rings. The van der Waals surface area contributed by atoms with E-state index in [0.29, 0.717) is 10.6 Å². The fourth-order valence-corrected chi connectivity index (χ4v) is 3.00. The highest BCUT2D eigenvalue weighted by Gasteiger charge is 2.30. The summed E-state index contributed by atoms with van der Waals surface area (Å²) in [5.41, 5.74) is 1.13. The number of benzene rings is 2. The van der Waals surface area contributed by atoms with Crippen molar-refractivity contribution in [2.24, 2.45) is 0 Å². The van der Waals surface area contributed by atoms with E-state index in [9.17, 15) is 18.0 Å². The molecule has 6 heteroatoms. The number of carbonyl (C=O) groups is 1. The Hall–Kier alpha value is -1.95. The molecule has 2 nitrogen and oxygen atoms in total. The Morgan fingerprint density at radius 2 is 1.83 bits per heavy atom. The van der Waals surface area contributed by atoms with Crippen molar-refractivity contribution in [2.45, 2.75) is 36.6 Å². The molecule has 2 aromatic carbocycles. The maximum Gasteiger partial charge on any atom is 0.416 e. The van der Waals surface area contributed by atoms with Crippen molar-refractivity contribution in [2.75, 3.05) is 5.32 Å². The van der Waals surface area contributed by atoms with Gasteiger partial charge >= 0.3 is 6.18 Å². The van der Waals surface area contributed by atoms with Gasteiger partial charge in [-0.05, 0) is 49.2 Å². The molecule has 0 aliphatic heterocycles. The number of rotatable bonds is 5. The fourth-order valence-electron chi connectivity index (χ4n) is 2.07. The zero-order valence-corrected chi connectivity index (χ0v) is 14.2. The number of hydrogen-bond donors (Lipinski definition) is 1. The van der Waals surface area contributed by atoms with E-state index >= 15 is 0 Å². The van der Waals surface area contributed by atoms with Crippen LogP contribution in [0.1, 0.15) is 25.0 Å². The first-order valence-corrected chi connectivity index (χ1v) is 8.41. The third-order valence-corrected chi connectivity index (χ3v) is 4.57. The van der Waals surface area contributed by atoms with Crippen molar-refractivity contribution in [3.05, 3.63) is 59.7 Å². The quantitative estimate of drug-likeness (QED) is 0.731. The molecule has 128 valence electrons. The minimum atomic E-state index is -4.39. The summed E-state index contributed by atoms with van der Waals surface area (Å²) in [7, 11) is 0. The lowest BCUT2D eigenvalue weighted by Gasteiger charge is -2.13. The number of amides is 1. The second-order valence-electron chi connectivity index (χ2n) is 5.33. The van der Waals surface area contributed by atoms with E-state index in [2.05, 4.69) is 5.32 Å². The second-order valence-corrected chi connectivity index (χ2v) is 6.74. The highest BCUT2D eigenvalue weighted by atomic mass is 32.2. The van der Waals surface area contributed by atoms with Crippen LogP contribution in [0.5, 0.6) is 0 Å². The molecular weight excluding hydrogens is 335 g/mol. The third-order valence-electron chi connectivity index (χ3n) is 3.47. The van der Waals surface area contributed by atoms with Crippen LogP contribution in [0.25, 0.3) is 0 Å². The first-order chi connectivity index (χ1) is 11.3. The van der Waals surface area contributed by atoms with Crippen molar-refractivity contribution in [3.63, 3.8) is 0 Å². The maximum absolute atomic E-state index is 12.7. The lowest BCUT2D eigenvalue weighted by atomic mass is 10.1. The van der Waals surface area contributed by atoms with Crippen LogP contribution < -0.4 is 5.32 Å². The molecule has 0 bridgehead atoms. The average molecular weight is 353 g/mol. The molecule has 0 aromatic heterocycles. The smallest absolute Gasteiger partial charge is 0.325 e. The van der Waals surface area contributed by atoms with Crippen LogP contribution in [-0.4, -0.2) is 11.2 Å². The minimum Gasteiger partial charge on any atom is -0.325 e. The molecule has 0 aliphatic rings. The van der Waals surface area contributed by atoms with Crippen molar-refractivity contribution in [1.29, 1.82) is 0 Å². The van der Waals surface area contributed by atoms with Crippen LogP contribution in [-0.2, 0) is 17.4 Å². The highest BCUT2D eigenvalue weighted by Crippen LogP contribution is 2.33. The predicted octanol–water partition coefficient (Wildman–Crippen LogP) is 5.39. The molecule has 0 aliphatic carbocycles. The summed E-state index contributed by atoms with van der Waals surface area (Å²) in [5, 5.41) is 2.26. The zero-order chi connectivity index (χ0) is 17.7. The molecule has 1 amide bonds. The normalized spacial score (nSPS) is 12.7. The summed E-state index contributed by atoms with van der Waals surface area (Å²) >= 11 is 1.10. The van der Waals surface area contributed by atoms with E-state index in [1.165, 1.54) is 11.6 Å². The summed E-state index contributed by atoms with van der Waals surface area (Å²) in [6.45, 7) is 3.71. The topological polar surface area (TPSA) is 29.1 Å². The van der Waals surface area contributed by atoms with Gasteiger partial charge in [0.2, 0.25) is 5.91 Å². The minimum absolute atomic E-state index is 0.248. The van der Waals surface area contributed by atoms with Crippen molar-refractivity contribution in [1.82, 2.24) is 0 Å². The predicted molar refractivity (Wildman–Crippen MR) is 91.2 cm³/mol. The van der Waals surface area contributed by atoms with Gasteiger partial charge in [0.15, 0.2) is 0 Å². The van der Waals surface area contributed by atoms with E-state index in [1.54, 1.807) is 13.0 Å². The van der Waals surface area contributed by atoms with E-state index in [-0.39, 0.29) is 5.91 Å². The Labute approximate surface area is 143 Å². The standard InChI is InChI=1S/C18H18F3NOS/c1-3-13-7-9-15(10-8-13)22-17(23)12(2)24-16-6-4-5-14(11-16)18(19,20)21/h4-12H,3H2,1-2H3,(H,22,23)/t12-/m0/s1. The van der Waals surface area contributed by atoms with Gasteiger partial charge in [0.05, 0.1) is 10.8 Å². The Morgan fingerprint density at radius 1 is 1.17 bits per heavy atom. The fraction of sp³-hybridized carbons (Fsp3) is 0.278. The molecule has 0 unspecified atom stereocenters. The van der Waals surface area contributed by atoms with Gasteiger partial charge in [0, 0.05) is 10.6 Å². The number of alkyl halides is 3.